The summed E-state index contributed by atoms with van der Waals surface area (Å²) in [5.74, 6) is 0.742. The normalized spacial score (nSPS) is 11.6. The van der Waals surface area contributed by atoms with E-state index < -0.39 is 0 Å². The van der Waals surface area contributed by atoms with Gasteiger partial charge in [-0.1, -0.05) is 32.4 Å². The van der Waals surface area contributed by atoms with Crippen molar-refractivity contribution in [3.63, 3.8) is 0 Å². The van der Waals surface area contributed by atoms with Crippen LogP contribution in [-0.4, -0.2) is 15.0 Å². The van der Waals surface area contributed by atoms with E-state index in [1.54, 1.807) is 12.3 Å². The molecule has 0 aliphatic carbocycles. The monoisotopic (exact) mass is 261 g/mol. The molecule has 0 aliphatic rings. The standard InChI is InChI=1S/C14H16ClN3/c1-9-5-10(8-16-7-9)11-6-12(15)18-13(17-11)14(2,3)4/h5-8H,1-4H3. The van der Waals surface area contributed by atoms with E-state index in [0.29, 0.717) is 5.15 Å². The van der Waals surface area contributed by atoms with E-state index in [0.717, 1.165) is 22.6 Å². The molecule has 0 spiro atoms. The zero-order valence-corrected chi connectivity index (χ0v) is 11.8. The lowest BCUT2D eigenvalue weighted by molar-refractivity contribution is 0.546. The van der Waals surface area contributed by atoms with Gasteiger partial charge in [-0.05, 0) is 18.6 Å². The van der Waals surface area contributed by atoms with Gasteiger partial charge in [0.1, 0.15) is 11.0 Å². The zero-order chi connectivity index (χ0) is 13.3. The van der Waals surface area contributed by atoms with Crippen molar-refractivity contribution < 1.29 is 0 Å². The van der Waals surface area contributed by atoms with Crippen LogP contribution in [-0.2, 0) is 5.41 Å². The second-order valence-electron chi connectivity index (χ2n) is 5.40. The first-order chi connectivity index (χ1) is 8.36. The van der Waals surface area contributed by atoms with Crippen molar-refractivity contribution in [2.75, 3.05) is 0 Å². The number of aryl methyl sites for hydroxylation is 1. The molecule has 0 radical (unpaired) electrons. The second kappa shape index (κ2) is 4.65. The molecule has 2 aromatic heterocycles. The Kier molecular flexibility index (Phi) is 3.35. The molecule has 0 amide bonds. The number of halogens is 1. The van der Waals surface area contributed by atoms with Crippen LogP contribution in [0.15, 0.2) is 24.5 Å². The first-order valence-electron chi connectivity index (χ1n) is 5.83. The molecule has 2 heterocycles. The van der Waals surface area contributed by atoms with Gasteiger partial charge in [0.2, 0.25) is 0 Å². The van der Waals surface area contributed by atoms with Gasteiger partial charge in [-0.3, -0.25) is 4.98 Å². The Bertz CT molecular complexity index is 573. The molecule has 0 bridgehead atoms. The van der Waals surface area contributed by atoms with Crippen LogP contribution in [0.2, 0.25) is 5.15 Å². The molecule has 0 N–H and O–H groups in total. The lowest BCUT2D eigenvalue weighted by Crippen LogP contribution is -2.16. The predicted molar refractivity (Wildman–Crippen MR) is 73.7 cm³/mol. The molecule has 2 rings (SSSR count). The lowest BCUT2D eigenvalue weighted by atomic mass is 9.95. The molecule has 0 fully saturated rings. The second-order valence-corrected chi connectivity index (χ2v) is 5.79. The Morgan fingerprint density at radius 2 is 1.78 bits per heavy atom. The Morgan fingerprint density at radius 3 is 2.39 bits per heavy atom. The number of hydrogen-bond donors (Lipinski definition) is 0. The van der Waals surface area contributed by atoms with E-state index >= 15 is 0 Å². The Hall–Kier alpha value is -1.48. The minimum absolute atomic E-state index is 0.128. The van der Waals surface area contributed by atoms with Crippen molar-refractivity contribution in [1.82, 2.24) is 15.0 Å². The van der Waals surface area contributed by atoms with Crippen LogP contribution in [0.4, 0.5) is 0 Å². The van der Waals surface area contributed by atoms with Crippen LogP contribution >= 0.6 is 11.6 Å². The largest absolute Gasteiger partial charge is 0.264 e. The smallest absolute Gasteiger partial charge is 0.136 e. The highest BCUT2D eigenvalue weighted by Crippen LogP contribution is 2.25. The number of aromatic nitrogens is 3. The van der Waals surface area contributed by atoms with Crippen LogP contribution in [0.3, 0.4) is 0 Å². The molecule has 94 valence electrons. The highest BCUT2D eigenvalue weighted by Gasteiger charge is 2.19. The maximum Gasteiger partial charge on any atom is 0.136 e. The van der Waals surface area contributed by atoms with E-state index in [-0.39, 0.29) is 5.41 Å². The van der Waals surface area contributed by atoms with Crippen molar-refractivity contribution in [2.45, 2.75) is 33.1 Å². The molecule has 0 aliphatic heterocycles. The predicted octanol–water partition coefficient (Wildman–Crippen LogP) is 3.80. The Morgan fingerprint density at radius 1 is 1.06 bits per heavy atom. The van der Waals surface area contributed by atoms with Crippen molar-refractivity contribution in [2.24, 2.45) is 0 Å². The topological polar surface area (TPSA) is 38.7 Å². The van der Waals surface area contributed by atoms with Gasteiger partial charge in [-0.25, -0.2) is 9.97 Å². The molecule has 18 heavy (non-hydrogen) atoms. The van der Waals surface area contributed by atoms with Gasteiger partial charge in [0.15, 0.2) is 0 Å². The lowest BCUT2D eigenvalue weighted by Gasteiger charge is -2.17. The highest BCUT2D eigenvalue weighted by molar-refractivity contribution is 6.29. The van der Waals surface area contributed by atoms with Gasteiger partial charge in [0.25, 0.3) is 0 Å². The van der Waals surface area contributed by atoms with Gasteiger partial charge in [-0.15, -0.1) is 0 Å². The molecular formula is C14H16ClN3. The molecular weight excluding hydrogens is 246 g/mol. The summed E-state index contributed by atoms with van der Waals surface area (Å²) in [6.45, 7) is 8.20. The zero-order valence-electron chi connectivity index (χ0n) is 11.0. The van der Waals surface area contributed by atoms with Gasteiger partial charge in [0, 0.05) is 29.4 Å². The van der Waals surface area contributed by atoms with Crippen molar-refractivity contribution in [3.8, 4) is 11.3 Å². The highest BCUT2D eigenvalue weighted by atomic mass is 35.5. The third kappa shape index (κ3) is 2.85. The van der Waals surface area contributed by atoms with Crippen LogP contribution < -0.4 is 0 Å². The summed E-state index contributed by atoms with van der Waals surface area (Å²) in [5.41, 5.74) is 2.75. The van der Waals surface area contributed by atoms with Crippen LogP contribution in [0.1, 0.15) is 32.2 Å². The van der Waals surface area contributed by atoms with Gasteiger partial charge >= 0.3 is 0 Å². The SMILES string of the molecule is Cc1cncc(-c2cc(Cl)nc(C(C)(C)C)n2)c1. The van der Waals surface area contributed by atoms with E-state index in [1.165, 1.54) is 0 Å². The summed E-state index contributed by atoms with van der Waals surface area (Å²) < 4.78 is 0. The number of hydrogen-bond acceptors (Lipinski definition) is 3. The summed E-state index contributed by atoms with van der Waals surface area (Å²) in [6, 6.07) is 3.81. The molecule has 4 heteroatoms. The summed E-state index contributed by atoms with van der Waals surface area (Å²) in [5, 5.41) is 0.464. The molecule has 3 nitrogen and oxygen atoms in total. The summed E-state index contributed by atoms with van der Waals surface area (Å²) >= 11 is 6.07. The number of nitrogens with zero attached hydrogens (tertiary/aromatic N) is 3. The summed E-state index contributed by atoms with van der Waals surface area (Å²) in [6.07, 6.45) is 3.61. The first kappa shape index (κ1) is 13.0. The summed E-state index contributed by atoms with van der Waals surface area (Å²) in [4.78, 5) is 13.0. The van der Waals surface area contributed by atoms with E-state index in [1.807, 2.05) is 19.2 Å². The van der Waals surface area contributed by atoms with E-state index in [4.69, 9.17) is 11.6 Å². The summed E-state index contributed by atoms with van der Waals surface area (Å²) in [7, 11) is 0. The fourth-order valence-corrected chi connectivity index (χ4v) is 1.78. The minimum Gasteiger partial charge on any atom is -0.264 e. The third-order valence-corrected chi connectivity index (χ3v) is 2.73. The fraction of sp³-hybridized carbons (Fsp3) is 0.357. The maximum atomic E-state index is 6.07. The average molecular weight is 262 g/mol. The van der Waals surface area contributed by atoms with Crippen molar-refractivity contribution in [1.29, 1.82) is 0 Å². The van der Waals surface area contributed by atoms with E-state index in [2.05, 4.69) is 35.7 Å². The van der Waals surface area contributed by atoms with Gasteiger partial charge in [0.05, 0.1) is 5.69 Å². The Balaban J connectivity index is 2.55. The quantitative estimate of drug-likeness (QED) is 0.733. The Labute approximate surface area is 112 Å². The minimum atomic E-state index is -0.128. The molecule has 0 aromatic carbocycles. The molecule has 0 saturated heterocycles. The van der Waals surface area contributed by atoms with Crippen molar-refractivity contribution in [3.05, 3.63) is 41.1 Å². The number of rotatable bonds is 1. The molecule has 0 unspecified atom stereocenters. The fourth-order valence-electron chi connectivity index (χ4n) is 1.60. The average Bonchev–Trinajstić information content (AvgIpc) is 2.27. The third-order valence-electron chi connectivity index (χ3n) is 2.54. The molecule has 0 atom stereocenters. The van der Waals surface area contributed by atoms with Crippen LogP contribution in [0.25, 0.3) is 11.3 Å². The number of pyridine rings is 1. The first-order valence-corrected chi connectivity index (χ1v) is 6.21. The van der Waals surface area contributed by atoms with Crippen molar-refractivity contribution >= 4 is 11.6 Å². The molecule has 0 saturated carbocycles. The molecule has 2 aromatic rings. The van der Waals surface area contributed by atoms with E-state index in [9.17, 15) is 0 Å². The van der Waals surface area contributed by atoms with Crippen LogP contribution in [0, 0.1) is 6.92 Å². The van der Waals surface area contributed by atoms with Crippen LogP contribution in [0.5, 0.6) is 0 Å². The maximum absolute atomic E-state index is 6.07. The van der Waals surface area contributed by atoms with Gasteiger partial charge < -0.3 is 0 Å². The van der Waals surface area contributed by atoms with Gasteiger partial charge in [-0.2, -0.15) is 0 Å².